The molecule has 0 saturated carbocycles. The normalized spacial score (nSPS) is 15.0. The Morgan fingerprint density at radius 2 is 1.56 bits per heavy atom. The van der Waals surface area contributed by atoms with Gasteiger partial charge in [0.25, 0.3) is 0 Å². The first-order valence-electron chi connectivity index (χ1n) is 6.34. The zero-order valence-corrected chi connectivity index (χ0v) is 12.2. The van der Waals surface area contributed by atoms with Crippen molar-refractivity contribution in [2.24, 2.45) is 5.41 Å². The van der Waals surface area contributed by atoms with Crippen molar-refractivity contribution in [1.29, 1.82) is 5.26 Å². The van der Waals surface area contributed by atoms with E-state index in [2.05, 4.69) is 18.2 Å². The Balaban J connectivity index is 3.32. The van der Waals surface area contributed by atoms with Crippen molar-refractivity contribution in [3.05, 3.63) is 34.4 Å². The topological polar surface area (TPSA) is 44.0 Å². The zero-order valence-electron chi connectivity index (χ0n) is 12.2. The lowest BCUT2D eigenvalue weighted by molar-refractivity contribution is 0.0524. The SMILES string of the molecule is Cc1cc(C)c([C@@H](C#N)[C@H](O)C(C)(C)C)c(C)c1. The Labute approximate surface area is 110 Å². The molecule has 1 aromatic rings. The molecule has 0 unspecified atom stereocenters. The summed E-state index contributed by atoms with van der Waals surface area (Å²) < 4.78 is 0. The average Bonchev–Trinajstić information content (AvgIpc) is 2.20. The van der Waals surface area contributed by atoms with Crippen LogP contribution < -0.4 is 0 Å². The van der Waals surface area contributed by atoms with Gasteiger partial charge in [-0.3, -0.25) is 0 Å². The molecule has 0 heterocycles. The van der Waals surface area contributed by atoms with E-state index in [1.807, 2.05) is 41.5 Å². The lowest BCUT2D eigenvalue weighted by Crippen LogP contribution is -2.32. The van der Waals surface area contributed by atoms with Gasteiger partial charge in [-0.15, -0.1) is 0 Å². The maximum absolute atomic E-state index is 10.4. The number of aryl methyl sites for hydroxylation is 3. The fourth-order valence-electron chi connectivity index (χ4n) is 2.47. The van der Waals surface area contributed by atoms with Gasteiger partial charge >= 0.3 is 0 Å². The molecule has 18 heavy (non-hydrogen) atoms. The van der Waals surface area contributed by atoms with Crippen LogP contribution in [0.5, 0.6) is 0 Å². The third kappa shape index (κ3) is 2.91. The minimum absolute atomic E-state index is 0.301. The van der Waals surface area contributed by atoms with Crippen LogP contribution in [0.25, 0.3) is 0 Å². The number of rotatable bonds is 2. The molecule has 0 bridgehead atoms. The first-order valence-corrected chi connectivity index (χ1v) is 6.34. The molecule has 1 rings (SSSR count). The highest BCUT2D eigenvalue weighted by Crippen LogP contribution is 2.34. The molecule has 2 nitrogen and oxygen atoms in total. The molecule has 98 valence electrons. The Morgan fingerprint density at radius 3 is 1.89 bits per heavy atom. The second kappa shape index (κ2) is 5.12. The van der Waals surface area contributed by atoms with Crippen LogP contribution in [-0.4, -0.2) is 11.2 Å². The monoisotopic (exact) mass is 245 g/mol. The summed E-state index contributed by atoms with van der Waals surface area (Å²) in [6.07, 6.45) is -0.664. The van der Waals surface area contributed by atoms with Gasteiger partial charge in [0.1, 0.15) is 0 Å². The van der Waals surface area contributed by atoms with E-state index in [0.717, 1.165) is 16.7 Å². The number of aliphatic hydroxyl groups is 1. The van der Waals surface area contributed by atoms with Crippen LogP contribution in [0.1, 0.15) is 48.9 Å². The van der Waals surface area contributed by atoms with Crippen molar-refractivity contribution in [2.75, 3.05) is 0 Å². The summed E-state index contributed by atoms with van der Waals surface area (Å²) in [6, 6.07) is 6.42. The molecule has 0 aliphatic carbocycles. The van der Waals surface area contributed by atoms with Crippen LogP contribution in [0.15, 0.2) is 12.1 Å². The largest absolute Gasteiger partial charge is 0.391 e. The van der Waals surface area contributed by atoms with E-state index >= 15 is 0 Å². The summed E-state index contributed by atoms with van der Waals surface area (Å²) >= 11 is 0. The molecule has 0 aliphatic heterocycles. The molecule has 0 radical (unpaired) electrons. The second-order valence-electron chi connectivity index (χ2n) is 6.23. The van der Waals surface area contributed by atoms with Crippen LogP contribution in [0.2, 0.25) is 0 Å². The van der Waals surface area contributed by atoms with Gasteiger partial charge in [-0.2, -0.15) is 5.26 Å². The molecule has 0 aliphatic rings. The van der Waals surface area contributed by atoms with Crippen LogP contribution in [0.3, 0.4) is 0 Å². The van der Waals surface area contributed by atoms with Gasteiger partial charge in [0, 0.05) is 0 Å². The van der Waals surface area contributed by atoms with Crippen molar-refractivity contribution in [2.45, 2.75) is 53.6 Å². The summed E-state index contributed by atoms with van der Waals surface area (Å²) in [4.78, 5) is 0. The van der Waals surface area contributed by atoms with Gasteiger partial charge in [0.15, 0.2) is 0 Å². The summed E-state index contributed by atoms with van der Waals surface area (Å²) in [7, 11) is 0. The van der Waals surface area contributed by atoms with Crippen molar-refractivity contribution in [3.63, 3.8) is 0 Å². The van der Waals surface area contributed by atoms with Crippen LogP contribution in [-0.2, 0) is 0 Å². The second-order valence-corrected chi connectivity index (χ2v) is 6.23. The van der Waals surface area contributed by atoms with Gasteiger partial charge in [-0.1, -0.05) is 38.5 Å². The van der Waals surface area contributed by atoms with E-state index in [1.54, 1.807) is 0 Å². The Bertz CT molecular complexity index is 454. The standard InChI is InChI=1S/C16H23NO/c1-10-7-11(2)14(12(3)8-10)13(9-17)15(18)16(4,5)6/h7-8,13,15,18H,1-6H3/t13-,15+/m1/s1. The zero-order chi connectivity index (χ0) is 14.1. The molecule has 1 aromatic carbocycles. The summed E-state index contributed by atoms with van der Waals surface area (Å²) in [6.45, 7) is 11.9. The fraction of sp³-hybridized carbons (Fsp3) is 0.562. The number of aliphatic hydroxyl groups excluding tert-OH is 1. The van der Waals surface area contributed by atoms with E-state index in [-0.39, 0.29) is 5.41 Å². The van der Waals surface area contributed by atoms with Crippen molar-refractivity contribution in [1.82, 2.24) is 0 Å². The summed E-state index contributed by atoms with van der Waals surface area (Å²) in [5.41, 5.74) is 4.04. The highest BCUT2D eigenvalue weighted by atomic mass is 16.3. The van der Waals surface area contributed by atoms with Crippen LogP contribution in [0, 0.1) is 37.5 Å². The highest BCUT2D eigenvalue weighted by molar-refractivity contribution is 5.43. The highest BCUT2D eigenvalue weighted by Gasteiger charge is 2.33. The number of nitriles is 1. The van der Waals surface area contributed by atoms with E-state index in [1.165, 1.54) is 5.56 Å². The summed E-state index contributed by atoms with van der Waals surface area (Å²) in [5.74, 6) is -0.467. The fourth-order valence-corrected chi connectivity index (χ4v) is 2.47. The molecule has 2 heteroatoms. The first-order chi connectivity index (χ1) is 8.18. The van der Waals surface area contributed by atoms with E-state index < -0.39 is 12.0 Å². The van der Waals surface area contributed by atoms with E-state index in [0.29, 0.717) is 0 Å². The molecule has 0 saturated heterocycles. The number of nitrogens with zero attached hydrogens (tertiary/aromatic N) is 1. The quantitative estimate of drug-likeness (QED) is 0.864. The third-order valence-corrected chi connectivity index (χ3v) is 3.39. The number of hydrogen-bond acceptors (Lipinski definition) is 2. The molecule has 0 fully saturated rings. The lowest BCUT2D eigenvalue weighted by Gasteiger charge is -2.31. The predicted molar refractivity (Wildman–Crippen MR) is 74.5 cm³/mol. The molecule has 1 N–H and O–H groups in total. The van der Waals surface area contributed by atoms with Gasteiger partial charge in [0.05, 0.1) is 18.1 Å². The molecule has 2 atom stereocenters. The minimum Gasteiger partial charge on any atom is -0.391 e. The third-order valence-electron chi connectivity index (χ3n) is 3.39. The average molecular weight is 245 g/mol. The number of benzene rings is 1. The minimum atomic E-state index is -0.664. The maximum Gasteiger partial charge on any atom is 0.0982 e. The molecule has 0 amide bonds. The van der Waals surface area contributed by atoms with Gasteiger partial charge < -0.3 is 5.11 Å². The van der Waals surface area contributed by atoms with Crippen LogP contribution in [0.4, 0.5) is 0 Å². The molecule has 0 spiro atoms. The van der Waals surface area contributed by atoms with E-state index in [4.69, 9.17) is 0 Å². The lowest BCUT2D eigenvalue weighted by atomic mass is 9.76. The Hall–Kier alpha value is -1.33. The van der Waals surface area contributed by atoms with Crippen molar-refractivity contribution in [3.8, 4) is 6.07 Å². The Kier molecular flexibility index (Phi) is 4.19. The molecular formula is C16H23NO. The van der Waals surface area contributed by atoms with Gasteiger partial charge in [0.2, 0.25) is 0 Å². The first kappa shape index (κ1) is 14.7. The van der Waals surface area contributed by atoms with Crippen LogP contribution >= 0.6 is 0 Å². The predicted octanol–water partition coefficient (Wildman–Crippen LogP) is 3.63. The number of hydrogen-bond donors (Lipinski definition) is 1. The molecular weight excluding hydrogens is 222 g/mol. The maximum atomic E-state index is 10.4. The van der Waals surface area contributed by atoms with E-state index in [9.17, 15) is 10.4 Å². The van der Waals surface area contributed by atoms with Gasteiger partial charge in [-0.25, -0.2) is 0 Å². The summed E-state index contributed by atoms with van der Waals surface area (Å²) in [5, 5.41) is 19.8. The van der Waals surface area contributed by atoms with Crippen molar-refractivity contribution >= 4 is 0 Å². The Morgan fingerprint density at radius 1 is 1.11 bits per heavy atom. The van der Waals surface area contributed by atoms with Crippen molar-refractivity contribution < 1.29 is 5.11 Å². The van der Waals surface area contributed by atoms with Gasteiger partial charge in [-0.05, 0) is 42.9 Å². The molecule has 0 aromatic heterocycles. The smallest absolute Gasteiger partial charge is 0.0982 e.